The molecule has 0 aliphatic rings. The van der Waals surface area contributed by atoms with Crippen LogP contribution in [0.1, 0.15) is 11.3 Å². The number of anilines is 1. The first-order valence-corrected chi connectivity index (χ1v) is 7.11. The van der Waals surface area contributed by atoms with Gasteiger partial charge in [-0.2, -0.15) is 5.10 Å². The number of hydrogen-bond acceptors (Lipinski definition) is 3. The van der Waals surface area contributed by atoms with E-state index in [2.05, 4.69) is 15.5 Å². The van der Waals surface area contributed by atoms with Crippen LogP contribution in [0.15, 0.2) is 53.6 Å². The molecule has 3 rings (SSSR count). The molecular weight excluding hydrogens is 301 g/mol. The molecule has 0 amide bonds. The highest BCUT2D eigenvalue weighted by atomic mass is 35.5. The SMILES string of the molecule is Cc1cc(NN=Cc2cccc(Cl)c2)c2cc(F)ccc2n1. The Morgan fingerprint density at radius 2 is 2.05 bits per heavy atom. The van der Waals surface area contributed by atoms with Gasteiger partial charge in [-0.05, 0) is 48.9 Å². The molecule has 1 aromatic heterocycles. The largest absolute Gasteiger partial charge is 0.278 e. The van der Waals surface area contributed by atoms with Gasteiger partial charge in [-0.1, -0.05) is 23.7 Å². The Hall–Kier alpha value is -2.46. The van der Waals surface area contributed by atoms with Crippen molar-refractivity contribution in [2.45, 2.75) is 6.92 Å². The van der Waals surface area contributed by atoms with Crippen molar-refractivity contribution in [2.24, 2.45) is 5.10 Å². The van der Waals surface area contributed by atoms with E-state index in [0.717, 1.165) is 16.8 Å². The van der Waals surface area contributed by atoms with E-state index in [1.165, 1.54) is 12.1 Å². The minimum Gasteiger partial charge on any atom is -0.278 e. The van der Waals surface area contributed by atoms with Crippen molar-refractivity contribution < 1.29 is 4.39 Å². The van der Waals surface area contributed by atoms with E-state index in [-0.39, 0.29) is 5.82 Å². The fourth-order valence-corrected chi connectivity index (χ4v) is 2.38. The first-order chi connectivity index (χ1) is 10.6. The minimum absolute atomic E-state index is 0.306. The molecule has 0 atom stereocenters. The van der Waals surface area contributed by atoms with Gasteiger partial charge >= 0.3 is 0 Å². The van der Waals surface area contributed by atoms with Gasteiger partial charge in [0.05, 0.1) is 17.4 Å². The summed E-state index contributed by atoms with van der Waals surface area (Å²) in [5.74, 6) is -0.306. The second kappa shape index (κ2) is 6.12. The number of halogens is 2. The minimum atomic E-state index is -0.306. The highest BCUT2D eigenvalue weighted by molar-refractivity contribution is 6.30. The van der Waals surface area contributed by atoms with E-state index in [9.17, 15) is 4.39 Å². The number of pyridine rings is 1. The van der Waals surface area contributed by atoms with Gasteiger partial charge in [0, 0.05) is 16.1 Å². The van der Waals surface area contributed by atoms with Crippen molar-refractivity contribution in [3.63, 3.8) is 0 Å². The van der Waals surface area contributed by atoms with Gasteiger partial charge < -0.3 is 0 Å². The van der Waals surface area contributed by atoms with Crippen molar-refractivity contribution in [1.82, 2.24) is 4.98 Å². The average Bonchev–Trinajstić information content (AvgIpc) is 2.48. The summed E-state index contributed by atoms with van der Waals surface area (Å²) in [6.07, 6.45) is 1.66. The summed E-state index contributed by atoms with van der Waals surface area (Å²) in [7, 11) is 0. The summed E-state index contributed by atoms with van der Waals surface area (Å²) in [5.41, 5.74) is 6.08. The van der Waals surface area contributed by atoms with Gasteiger partial charge in [-0.15, -0.1) is 0 Å². The number of aromatic nitrogens is 1. The highest BCUT2D eigenvalue weighted by Gasteiger charge is 2.04. The Morgan fingerprint density at radius 3 is 2.86 bits per heavy atom. The molecule has 0 saturated heterocycles. The first-order valence-electron chi connectivity index (χ1n) is 6.73. The molecule has 110 valence electrons. The lowest BCUT2D eigenvalue weighted by molar-refractivity contribution is 0.629. The number of benzene rings is 2. The zero-order chi connectivity index (χ0) is 15.5. The Balaban J connectivity index is 1.91. The standard InChI is InChI=1S/C17H13ClFN3/c1-11-7-17(15-9-14(19)5-6-16(15)21-11)22-20-10-12-3-2-4-13(18)8-12/h2-10H,1H3,(H,21,22). The van der Waals surface area contributed by atoms with Crippen LogP contribution in [0.25, 0.3) is 10.9 Å². The summed E-state index contributed by atoms with van der Waals surface area (Å²) >= 11 is 5.93. The third-order valence-corrected chi connectivity index (χ3v) is 3.38. The van der Waals surface area contributed by atoms with E-state index in [1.54, 1.807) is 18.3 Å². The molecule has 1 N–H and O–H groups in total. The fraction of sp³-hybridized carbons (Fsp3) is 0.0588. The van der Waals surface area contributed by atoms with Crippen LogP contribution >= 0.6 is 11.6 Å². The Morgan fingerprint density at radius 1 is 1.18 bits per heavy atom. The van der Waals surface area contributed by atoms with Gasteiger partial charge in [0.2, 0.25) is 0 Å². The van der Waals surface area contributed by atoms with Crippen LogP contribution in [0.2, 0.25) is 5.02 Å². The van der Waals surface area contributed by atoms with E-state index >= 15 is 0 Å². The predicted octanol–water partition coefficient (Wildman–Crippen LogP) is 4.78. The molecule has 0 aliphatic carbocycles. The summed E-state index contributed by atoms with van der Waals surface area (Å²) in [6, 6.07) is 13.7. The third kappa shape index (κ3) is 3.23. The van der Waals surface area contributed by atoms with E-state index in [4.69, 9.17) is 11.6 Å². The Bertz CT molecular complexity index is 862. The molecule has 0 unspecified atom stereocenters. The Labute approximate surface area is 132 Å². The van der Waals surface area contributed by atoms with E-state index in [0.29, 0.717) is 16.1 Å². The predicted molar refractivity (Wildman–Crippen MR) is 89.1 cm³/mol. The second-order valence-corrected chi connectivity index (χ2v) is 5.33. The maximum Gasteiger partial charge on any atom is 0.124 e. The van der Waals surface area contributed by atoms with Crippen LogP contribution in [0.3, 0.4) is 0 Å². The quantitative estimate of drug-likeness (QED) is 0.558. The average molecular weight is 314 g/mol. The number of nitrogens with zero attached hydrogens (tertiary/aromatic N) is 2. The van der Waals surface area contributed by atoms with Crippen molar-refractivity contribution >= 4 is 34.4 Å². The number of nitrogens with one attached hydrogen (secondary N) is 1. The van der Waals surface area contributed by atoms with Crippen LogP contribution < -0.4 is 5.43 Å². The molecule has 0 radical (unpaired) electrons. The Kier molecular flexibility index (Phi) is 4.02. The van der Waals surface area contributed by atoms with Gasteiger partial charge in [0.25, 0.3) is 0 Å². The molecule has 3 nitrogen and oxygen atoms in total. The van der Waals surface area contributed by atoms with E-state index in [1.807, 2.05) is 31.2 Å². The molecule has 0 aliphatic heterocycles. The molecule has 0 bridgehead atoms. The summed E-state index contributed by atoms with van der Waals surface area (Å²) in [4.78, 5) is 4.38. The number of hydrogen-bond donors (Lipinski definition) is 1. The van der Waals surface area contributed by atoms with Crippen LogP contribution in [-0.2, 0) is 0 Å². The van der Waals surface area contributed by atoms with Crippen LogP contribution in [0.5, 0.6) is 0 Å². The van der Waals surface area contributed by atoms with Gasteiger partial charge in [0.1, 0.15) is 5.82 Å². The molecule has 0 fully saturated rings. The lowest BCUT2D eigenvalue weighted by Crippen LogP contribution is -1.95. The fourth-order valence-electron chi connectivity index (χ4n) is 2.19. The number of hydrazone groups is 1. The molecule has 0 saturated carbocycles. The molecule has 0 spiro atoms. The lowest BCUT2D eigenvalue weighted by Gasteiger charge is -2.07. The highest BCUT2D eigenvalue weighted by Crippen LogP contribution is 2.24. The van der Waals surface area contributed by atoms with Crippen molar-refractivity contribution in [1.29, 1.82) is 0 Å². The number of fused-ring (bicyclic) bond motifs is 1. The number of rotatable bonds is 3. The molecular formula is C17H13ClFN3. The molecule has 1 heterocycles. The van der Waals surface area contributed by atoms with E-state index < -0.39 is 0 Å². The van der Waals surface area contributed by atoms with Crippen molar-refractivity contribution in [3.8, 4) is 0 Å². The van der Waals surface area contributed by atoms with Crippen LogP contribution in [-0.4, -0.2) is 11.2 Å². The maximum absolute atomic E-state index is 13.4. The summed E-state index contributed by atoms with van der Waals surface area (Å²) in [5, 5.41) is 5.53. The van der Waals surface area contributed by atoms with Crippen LogP contribution in [0, 0.1) is 12.7 Å². The molecule has 22 heavy (non-hydrogen) atoms. The normalized spacial score (nSPS) is 11.2. The summed E-state index contributed by atoms with van der Waals surface area (Å²) < 4.78 is 13.4. The smallest absolute Gasteiger partial charge is 0.124 e. The van der Waals surface area contributed by atoms with Crippen molar-refractivity contribution in [2.75, 3.05) is 5.43 Å². The maximum atomic E-state index is 13.4. The molecule has 5 heteroatoms. The van der Waals surface area contributed by atoms with Gasteiger partial charge in [0.15, 0.2) is 0 Å². The van der Waals surface area contributed by atoms with Gasteiger partial charge in [-0.25, -0.2) is 4.39 Å². The molecule has 2 aromatic carbocycles. The monoisotopic (exact) mass is 313 g/mol. The lowest BCUT2D eigenvalue weighted by atomic mass is 10.1. The topological polar surface area (TPSA) is 37.3 Å². The van der Waals surface area contributed by atoms with Gasteiger partial charge in [-0.3, -0.25) is 10.4 Å². The summed E-state index contributed by atoms with van der Waals surface area (Å²) in [6.45, 7) is 1.88. The third-order valence-electron chi connectivity index (χ3n) is 3.15. The molecule has 3 aromatic rings. The zero-order valence-corrected chi connectivity index (χ0v) is 12.6. The zero-order valence-electron chi connectivity index (χ0n) is 11.8. The second-order valence-electron chi connectivity index (χ2n) is 4.90. The first kappa shape index (κ1) is 14.5. The number of aryl methyl sites for hydroxylation is 1. The van der Waals surface area contributed by atoms with Crippen LogP contribution in [0.4, 0.5) is 10.1 Å². The van der Waals surface area contributed by atoms with Crippen molar-refractivity contribution in [3.05, 3.63) is 70.6 Å².